The third kappa shape index (κ3) is 1.94. The molecular formula is C16H16N2O2. The first-order chi connectivity index (χ1) is 9.58. The van der Waals surface area contributed by atoms with Gasteiger partial charge in [0.1, 0.15) is 0 Å². The number of rotatable bonds is 3. The van der Waals surface area contributed by atoms with Crippen LogP contribution < -0.4 is 5.73 Å². The van der Waals surface area contributed by atoms with Crippen LogP contribution in [0, 0.1) is 0 Å². The van der Waals surface area contributed by atoms with Crippen LogP contribution in [0.4, 0.5) is 0 Å². The van der Waals surface area contributed by atoms with Crippen molar-refractivity contribution < 1.29 is 9.90 Å². The lowest BCUT2D eigenvalue weighted by Crippen LogP contribution is -2.14. The minimum Gasteiger partial charge on any atom is -0.481 e. The molecule has 102 valence electrons. The third-order valence-electron chi connectivity index (χ3n) is 3.76. The zero-order chi connectivity index (χ0) is 14.3. The van der Waals surface area contributed by atoms with Gasteiger partial charge in [0, 0.05) is 34.9 Å². The van der Waals surface area contributed by atoms with E-state index in [1.807, 2.05) is 37.4 Å². The number of carboxylic acid groups (broad SMARTS) is 1. The Kier molecular flexibility index (Phi) is 2.95. The number of aryl methyl sites for hydroxylation is 1. The highest BCUT2D eigenvalue weighted by Gasteiger charge is 2.13. The summed E-state index contributed by atoms with van der Waals surface area (Å²) in [6, 6.07) is 13.7. The Morgan fingerprint density at radius 2 is 1.90 bits per heavy atom. The summed E-state index contributed by atoms with van der Waals surface area (Å²) < 4.78 is 2.11. The number of hydrogen-bond donors (Lipinski definition) is 2. The van der Waals surface area contributed by atoms with Gasteiger partial charge in [-0.05, 0) is 17.7 Å². The predicted octanol–water partition coefficient (Wildman–Crippen LogP) is 2.81. The minimum absolute atomic E-state index is 0.0601. The topological polar surface area (TPSA) is 68.2 Å². The number of carbonyl (C=O) groups is 1. The molecule has 3 rings (SSSR count). The standard InChI is InChI=1S/C16H16N2O2/c1-18-14-5-3-2-4-11(14)12-7-6-10(8-15(12)18)13(17)9-16(19)20/h2-8,13H,9,17H2,1H3,(H,19,20). The van der Waals surface area contributed by atoms with Crippen LogP contribution in [0.5, 0.6) is 0 Å². The lowest BCUT2D eigenvalue weighted by molar-refractivity contribution is -0.137. The first-order valence-corrected chi connectivity index (χ1v) is 6.52. The first-order valence-electron chi connectivity index (χ1n) is 6.52. The lowest BCUT2D eigenvalue weighted by Gasteiger charge is -2.10. The van der Waals surface area contributed by atoms with Crippen molar-refractivity contribution in [2.24, 2.45) is 12.8 Å². The molecule has 1 heterocycles. The van der Waals surface area contributed by atoms with Gasteiger partial charge in [-0.2, -0.15) is 0 Å². The number of hydrogen-bond acceptors (Lipinski definition) is 2. The van der Waals surface area contributed by atoms with Crippen LogP contribution >= 0.6 is 0 Å². The number of fused-ring (bicyclic) bond motifs is 3. The van der Waals surface area contributed by atoms with Crippen molar-refractivity contribution >= 4 is 27.8 Å². The summed E-state index contributed by atoms with van der Waals surface area (Å²) in [6.07, 6.45) is -0.0601. The number of aliphatic carboxylic acids is 1. The molecule has 2 aromatic carbocycles. The molecule has 0 aliphatic rings. The van der Waals surface area contributed by atoms with Gasteiger partial charge in [0.2, 0.25) is 0 Å². The van der Waals surface area contributed by atoms with Crippen LogP contribution in [0.15, 0.2) is 42.5 Å². The number of benzene rings is 2. The fraction of sp³-hybridized carbons (Fsp3) is 0.188. The predicted molar refractivity (Wildman–Crippen MR) is 79.6 cm³/mol. The molecule has 1 unspecified atom stereocenters. The molecule has 3 N–H and O–H groups in total. The van der Waals surface area contributed by atoms with Gasteiger partial charge in [-0.3, -0.25) is 4.79 Å². The number of nitrogens with two attached hydrogens (primary N) is 1. The second-order valence-corrected chi connectivity index (χ2v) is 5.06. The highest BCUT2D eigenvalue weighted by Crippen LogP contribution is 2.30. The molecule has 0 saturated carbocycles. The van der Waals surface area contributed by atoms with Gasteiger partial charge in [-0.15, -0.1) is 0 Å². The Labute approximate surface area is 116 Å². The van der Waals surface area contributed by atoms with E-state index in [9.17, 15) is 4.79 Å². The fourth-order valence-electron chi connectivity index (χ4n) is 2.71. The molecule has 0 fully saturated rings. The quantitative estimate of drug-likeness (QED) is 0.767. The molecule has 4 nitrogen and oxygen atoms in total. The van der Waals surface area contributed by atoms with E-state index in [0.717, 1.165) is 22.0 Å². The largest absolute Gasteiger partial charge is 0.481 e. The minimum atomic E-state index is -0.880. The van der Waals surface area contributed by atoms with Crippen LogP contribution in [0.3, 0.4) is 0 Å². The fourth-order valence-corrected chi connectivity index (χ4v) is 2.71. The van der Waals surface area contributed by atoms with Gasteiger partial charge in [-0.25, -0.2) is 0 Å². The van der Waals surface area contributed by atoms with Crippen LogP contribution in [-0.4, -0.2) is 15.6 Å². The molecule has 0 aliphatic carbocycles. The van der Waals surface area contributed by atoms with Crippen LogP contribution in [-0.2, 0) is 11.8 Å². The van der Waals surface area contributed by atoms with E-state index >= 15 is 0 Å². The Hall–Kier alpha value is -2.33. The van der Waals surface area contributed by atoms with Crippen molar-refractivity contribution in [3.05, 3.63) is 48.0 Å². The Balaban J connectivity index is 2.18. The summed E-state index contributed by atoms with van der Waals surface area (Å²) in [5.74, 6) is -0.880. The molecule has 0 amide bonds. The molecule has 0 spiro atoms. The smallest absolute Gasteiger partial charge is 0.305 e. The van der Waals surface area contributed by atoms with Gasteiger partial charge < -0.3 is 15.4 Å². The van der Waals surface area contributed by atoms with Crippen molar-refractivity contribution in [2.45, 2.75) is 12.5 Å². The maximum Gasteiger partial charge on any atom is 0.305 e. The van der Waals surface area contributed by atoms with Gasteiger partial charge in [-0.1, -0.05) is 30.3 Å². The van der Waals surface area contributed by atoms with E-state index in [4.69, 9.17) is 10.8 Å². The molecular weight excluding hydrogens is 252 g/mol. The maximum atomic E-state index is 10.8. The Morgan fingerprint density at radius 1 is 1.20 bits per heavy atom. The van der Waals surface area contributed by atoms with Crippen LogP contribution in [0.25, 0.3) is 21.8 Å². The highest BCUT2D eigenvalue weighted by molar-refractivity contribution is 6.08. The highest BCUT2D eigenvalue weighted by atomic mass is 16.4. The van der Waals surface area contributed by atoms with E-state index < -0.39 is 12.0 Å². The first kappa shape index (κ1) is 12.7. The maximum absolute atomic E-state index is 10.8. The normalized spacial score (nSPS) is 12.9. The van der Waals surface area contributed by atoms with Crippen LogP contribution in [0.1, 0.15) is 18.0 Å². The van der Waals surface area contributed by atoms with Gasteiger partial charge in [0.25, 0.3) is 0 Å². The zero-order valence-electron chi connectivity index (χ0n) is 11.2. The summed E-state index contributed by atoms with van der Waals surface area (Å²) >= 11 is 0. The van der Waals surface area contributed by atoms with Crippen molar-refractivity contribution in [3.8, 4) is 0 Å². The summed E-state index contributed by atoms with van der Waals surface area (Å²) in [7, 11) is 2.01. The van der Waals surface area contributed by atoms with E-state index in [0.29, 0.717) is 0 Å². The SMILES string of the molecule is Cn1c2ccccc2c2ccc(C(N)CC(=O)O)cc21. The molecule has 0 radical (unpaired) electrons. The molecule has 4 heteroatoms. The summed E-state index contributed by atoms with van der Waals surface area (Å²) in [4.78, 5) is 10.8. The number of para-hydroxylation sites is 1. The van der Waals surface area contributed by atoms with Gasteiger partial charge in [0.15, 0.2) is 0 Å². The lowest BCUT2D eigenvalue weighted by atomic mass is 10.0. The molecule has 1 atom stereocenters. The average Bonchev–Trinajstić information content (AvgIpc) is 2.72. The van der Waals surface area contributed by atoms with Gasteiger partial charge in [0.05, 0.1) is 6.42 Å². The number of aromatic nitrogens is 1. The molecule has 3 aromatic rings. The zero-order valence-corrected chi connectivity index (χ0v) is 11.2. The molecule has 0 aliphatic heterocycles. The van der Waals surface area contributed by atoms with E-state index in [1.54, 1.807) is 0 Å². The molecule has 0 bridgehead atoms. The van der Waals surface area contributed by atoms with E-state index in [1.165, 1.54) is 5.39 Å². The summed E-state index contributed by atoms with van der Waals surface area (Å²) in [5.41, 5.74) is 9.03. The number of carboxylic acids is 1. The summed E-state index contributed by atoms with van der Waals surface area (Å²) in [5, 5.41) is 11.2. The van der Waals surface area contributed by atoms with Gasteiger partial charge >= 0.3 is 5.97 Å². The van der Waals surface area contributed by atoms with Crippen LogP contribution in [0.2, 0.25) is 0 Å². The van der Waals surface area contributed by atoms with Crippen molar-refractivity contribution in [2.75, 3.05) is 0 Å². The van der Waals surface area contributed by atoms with E-state index in [2.05, 4.69) is 16.7 Å². The Bertz CT molecular complexity index is 805. The summed E-state index contributed by atoms with van der Waals surface area (Å²) in [6.45, 7) is 0. The monoisotopic (exact) mass is 268 g/mol. The average molecular weight is 268 g/mol. The van der Waals surface area contributed by atoms with Crippen molar-refractivity contribution in [3.63, 3.8) is 0 Å². The molecule has 1 aromatic heterocycles. The number of nitrogens with zero attached hydrogens (tertiary/aromatic N) is 1. The second kappa shape index (κ2) is 4.65. The van der Waals surface area contributed by atoms with Crippen molar-refractivity contribution in [1.29, 1.82) is 0 Å². The van der Waals surface area contributed by atoms with Crippen molar-refractivity contribution in [1.82, 2.24) is 4.57 Å². The molecule has 0 saturated heterocycles. The molecule has 20 heavy (non-hydrogen) atoms. The Morgan fingerprint density at radius 3 is 2.65 bits per heavy atom. The third-order valence-corrected chi connectivity index (χ3v) is 3.76. The second-order valence-electron chi connectivity index (χ2n) is 5.06. The van der Waals surface area contributed by atoms with E-state index in [-0.39, 0.29) is 6.42 Å².